The Hall–Kier alpha value is -1.08. The van der Waals surface area contributed by atoms with E-state index in [2.05, 4.69) is 0 Å². The van der Waals surface area contributed by atoms with Gasteiger partial charge in [0.15, 0.2) is 0 Å². The average Bonchev–Trinajstić information content (AvgIpc) is 2.45. The monoisotopic (exact) mass is 212 g/mol. The standard InChI is InChI=1S/C8H13BN2O4/c1-15-9-7(12)6-3-2-5-4-10(6)8(13)11(5)14/h5-6,9,14H,2-4H2,1H3/t5-,6+/m1/s1. The van der Waals surface area contributed by atoms with Crippen molar-refractivity contribution < 1.29 is 19.5 Å². The minimum atomic E-state index is -0.466. The fourth-order valence-electron chi connectivity index (χ4n) is 2.22. The zero-order valence-corrected chi connectivity index (χ0v) is 8.55. The molecule has 2 heterocycles. The summed E-state index contributed by atoms with van der Waals surface area (Å²) < 4.78 is 4.76. The summed E-state index contributed by atoms with van der Waals surface area (Å²) in [7, 11) is 1.47. The van der Waals surface area contributed by atoms with Crippen LogP contribution >= 0.6 is 0 Å². The molecule has 0 spiro atoms. The Kier molecular flexibility index (Phi) is 2.66. The number of rotatable bonds is 3. The molecule has 2 amide bonds. The zero-order valence-electron chi connectivity index (χ0n) is 8.55. The van der Waals surface area contributed by atoms with E-state index in [0.717, 1.165) is 5.06 Å². The van der Waals surface area contributed by atoms with Crippen LogP contribution in [0.4, 0.5) is 4.79 Å². The van der Waals surface area contributed by atoms with Gasteiger partial charge in [-0.05, 0) is 12.8 Å². The van der Waals surface area contributed by atoms with Gasteiger partial charge in [-0.1, -0.05) is 0 Å². The molecule has 2 fully saturated rings. The highest BCUT2D eigenvalue weighted by Gasteiger charge is 2.46. The number of hydrogen-bond donors (Lipinski definition) is 1. The first-order chi connectivity index (χ1) is 7.15. The van der Waals surface area contributed by atoms with Crippen LogP contribution in [-0.2, 0) is 9.45 Å². The Labute approximate surface area is 88.0 Å². The molecule has 2 saturated heterocycles. The van der Waals surface area contributed by atoms with E-state index in [1.807, 2.05) is 0 Å². The van der Waals surface area contributed by atoms with E-state index in [9.17, 15) is 14.8 Å². The van der Waals surface area contributed by atoms with Gasteiger partial charge in [0.1, 0.15) is 5.68 Å². The molecule has 2 aliphatic heterocycles. The Balaban J connectivity index is 2.10. The molecule has 82 valence electrons. The van der Waals surface area contributed by atoms with Gasteiger partial charge in [-0.3, -0.25) is 5.21 Å². The van der Waals surface area contributed by atoms with Crippen molar-refractivity contribution in [2.24, 2.45) is 0 Å². The molecule has 2 rings (SSSR count). The number of piperidine rings is 1. The summed E-state index contributed by atoms with van der Waals surface area (Å²) in [6.45, 7) is 0.440. The van der Waals surface area contributed by atoms with E-state index >= 15 is 0 Å². The maximum atomic E-state index is 11.6. The molecule has 0 unspecified atom stereocenters. The Bertz CT molecular complexity index is 298. The molecule has 0 aromatic carbocycles. The highest BCUT2D eigenvalue weighted by atomic mass is 16.5. The number of carbonyl (C=O) groups excluding carboxylic acids is 2. The Morgan fingerprint density at radius 3 is 3.00 bits per heavy atom. The number of hydroxylamine groups is 2. The van der Waals surface area contributed by atoms with Crippen molar-refractivity contribution >= 4 is 19.2 Å². The number of hydrogen-bond acceptors (Lipinski definition) is 4. The average molecular weight is 212 g/mol. The van der Waals surface area contributed by atoms with Gasteiger partial charge in [-0.2, -0.15) is 0 Å². The summed E-state index contributed by atoms with van der Waals surface area (Å²) in [5, 5.41) is 10.1. The molecule has 7 heteroatoms. The lowest BCUT2D eigenvalue weighted by Crippen LogP contribution is -2.47. The normalized spacial score (nSPS) is 29.6. The molecule has 0 radical (unpaired) electrons. The summed E-state index contributed by atoms with van der Waals surface area (Å²) >= 11 is 0. The van der Waals surface area contributed by atoms with Crippen LogP contribution in [0, 0.1) is 0 Å². The van der Waals surface area contributed by atoms with Crippen LogP contribution in [0.25, 0.3) is 0 Å². The van der Waals surface area contributed by atoms with Crippen molar-refractivity contribution in [1.29, 1.82) is 0 Å². The van der Waals surface area contributed by atoms with E-state index in [-0.39, 0.29) is 19.2 Å². The van der Waals surface area contributed by atoms with E-state index in [4.69, 9.17) is 4.65 Å². The fourth-order valence-corrected chi connectivity index (χ4v) is 2.22. The molecule has 0 aliphatic carbocycles. The molecular weight excluding hydrogens is 199 g/mol. The third-order valence-electron chi connectivity index (χ3n) is 3.00. The highest BCUT2D eigenvalue weighted by molar-refractivity contribution is 6.70. The van der Waals surface area contributed by atoms with Crippen LogP contribution < -0.4 is 0 Å². The number of nitrogens with zero attached hydrogens (tertiary/aromatic N) is 2. The third kappa shape index (κ3) is 1.61. The Morgan fingerprint density at radius 2 is 2.33 bits per heavy atom. The first-order valence-electron chi connectivity index (χ1n) is 4.95. The van der Waals surface area contributed by atoms with Crippen LogP contribution in [0.15, 0.2) is 0 Å². The van der Waals surface area contributed by atoms with Gasteiger partial charge in [0, 0.05) is 13.7 Å². The van der Waals surface area contributed by atoms with Gasteiger partial charge in [-0.15, -0.1) is 0 Å². The number of fused-ring (bicyclic) bond motifs is 2. The van der Waals surface area contributed by atoms with Crippen LogP contribution in [-0.4, -0.2) is 60.1 Å². The second-order valence-electron chi connectivity index (χ2n) is 3.93. The first-order valence-corrected chi connectivity index (χ1v) is 4.95. The molecular formula is C8H13BN2O4. The van der Waals surface area contributed by atoms with Gasteiger partial charge in [-0.25, -0.2) is 9.86 Å². The van der Waals surface area contributed by atoms with Crippen molar-refractivity contribution in [3.8, 4) is 0 Å². The summed E-state index contributed by atoms with van der Waals surface area (Å²) in [6, 6.07) is -1.04. The number of urea groups is 1. The summed E-state index contributed by atoms with van der Waals surface area (Å²) in [5.41, 5.74) is -0.0976. The van der Waals surface area contributed by atoms with E-state index in [0.29, 0.717) is 19.4 Å². The predicted molar refractivity (Wildman–Crippen MR) is 51.7 cm³/mol. The maximum Gasteiger partial charge on any atom is 0.353 e. The summed E-state index contributed by atoms with van der Waals surface area (Å²) in [4.78, 5) is 24.6. The van der Waals surface area contributed by atoms with Crippen LogP contribution in [0.1, 0.15) is 12.8 Å². The van der Waals surface area contributed by atoms with E-state index in [1.54, 1.807) is 0 Å². The maximum absolute atomic E-state index is 11.6. The van der Waals surface area contributed by atoms with Crippen LogP contribution in [0.3, 0.4) is 0 Å². The van der Waals surface area contributed by atoms with Crippen molar-refractivity contribution in [3.63, 3.8) is 0 Å². The van der Waals surface area contributed by atoms with Crippen LogP contribution in [0.5, 0.6) is 0 Å². The molecule has 6 nitrogen and oxygen atoms in total. The van der Waals surface area contributed by atoms with Gasteiger partial charge in [0.05, 0.1) is 12.1 Å². The smallest absolute Gasteiger partial charge is 0.353 e. The quantitative estimate of drug-likeness (QED) is 0.489. The molecule has 15 heavy (non-hydrogen) atoms. The predicted octanol–water partition coefficient (Wildman–Crippen LogP) is -0.831. The molecule has 2 aliphatic rings. The van der Waals surface area contributed by atoms with Crippen molar-refractivity contribution in [3.05, 3.63) is 0 Å². The number of amides is 2. The largest absolute Gasteiger partial charge is 0.434 e. The molecule has 0 saturated carbocycles. The molecule has 0 aromatic rings. The molecule has 1 N–H and O–H groups in total. The van der Waals surface area contributed by atoms with E-state index < -0.39 is 12.1 Å². The second-order valence-corrected chi connectivity index (χ2v) is 3.93. The summed E-state index contributed by atoms with van der Waals surface area (Å²) in [5.74, 6) is 0. The lowest BCUT2D eigenvalue weighted by Gasteiger charge is -2.28. The lowest BCUT2D eigenvalue weighted by molar-refractivity contribution is -0.117. The minimum Gasteiger partial charge on any atom is -0.434 e. The summed E-state index contributed by atoms with van der Waals surface area (Å²) in [6.07, 6.45) is 1.27. The van der Waals surface area contributed by atoms with Gasteiger partial charge in [0.2, 0.25) is 0 Å². The third-order valence-corrected chi connectivity index (χ3v) is 3.00. The van der Waals surface area contributed by atoms with Crippen molar-refractivity contribution in [1.82, 2.24) is 9.96 Å². The van der Waals surface area contributed by atoms with Crippen LogP contribution in [0.2, 0.25) is 0 Å². The molecule has 0 aromatic heterocycles. The second kappa shape index (κ2) is 3.82. The SMILES string of the molecule is COBC(=O)[C@@H]1CC[C@@H]2CN1C(=O)N2O. The van der Waals surface area contributed by atoms with Gasteiger partial charge < -0.3 is 14.3 Å². The minimum absolute atomic E-state index is 0.0184. The van der Waals surface area contributed by atoms with E-state index in [1.165, 1.54) is 12.0 Å². The number of carbonyl (C=O) groups is 2. The molecule has 2 atom stereocenters. The molecule has 2 bridgehead atoms. The fraction of sp³-hybridized carbons (Fsp3) is 0.750. The topological polar surface area (TPSA) is 70.1 Å². The van der Waals surface area contributed by atoms with Gasteiger partial charge >= 0.3 is 13.5 Å². The Morgan fingerprint density at radius 1 is 1.60 bits per heavy atom. The lowest BCUT2D eigenvalue weighted by atomic mass is 9.82. The van der Waals surface area contributed by atoms with Crippen molar-refractivity contribution in [2.75, 3.05) is 13.7 Å². The van der Waals surface area contributed by atoms with Crippen molar-refractivity contribution in [2.45, 2.75) is 24.9 Å². The highest BCUT2D eigenvalue weighted by Crippen LogP contribution is 2.28. The first kappa shape index (κ1) is 10.4. The van der Waals surface area contributed by atoms with Gasteiger partial charge in [0.25, 0.3) is 0 Å². The zero-order chi connectivity index (χ0) is 11.0.